The number of nitro groups is 1. The molecule has 0 unspecified atom stereocenters. The number of hydrogen-bond acceptors (Lipinski definition) is 4. The molecule has 0 spiro atoms. The number of rotatable bonds is 3. The second-order valence-electron chi connectivity index (χ2n) is 5.40. The van der Waals surface area contributed by atoms with Crippen LogP contribution in [0.3, 0.4) is 0 Å². The van der Waals surface area contributed by atoms with E-state index in [2.05, 4.69) is 0 Å². The molecule has 6 nitrogen and oxygen atoms in total. The molecular weight excluding hydrogens is 296 g/mol. The lowest BCUT2D eigenvalue weighted by Crippen LogP contribution is -2.32. The van der Waals surface area contributed by atoms with Gasteiger partial charge >= 0.3 is 0 Å². The number of likely N-dealkylation sites (tertiary alicyclic amines) is 1. The summed E-state index contributed by atoms with van der Waals surface area (Å²) >= 11 is 0. The van der Waals surface area contributed by atoms with E-state index in [0.717, 1.165) is 10.5 Å². The van der Waals surface area contributed by atoms with E-state index < -0.39 is 10.8 Å². The number of carbonyl (C=O) groups is 2. The monoisotopic (exact) mass is 310 g/mol. The van der Waals surface area contributed by atoms with Crippen LogP contribution in [0.5, 0.6) is 0 Å². The highest BCUT2D eigenvalue weighted by Gasteiger charge is 2.37. The zero-order valence-corrected chi connectivity index (χ0v) is 12.2. The Kier molecular flexibility index (Phi) is 3.89. The van der Waals surface area contributed by atoms with Crippen molar-refractivity contribution in [2.24, 2.45) is 0 Å². The van der Waals surface area contributed by atoms with Crippen LogP contribution in [0.4, 0.5) is 5.69 Å². The third-order valence-corrected chi connectivity index (χ3v) is 3.97. The summed E-state index contributed by atoms with van der Waals surface area (Å²) in [6.45, 7) is 0.244. The van der Waals surface area contributed by atoms with Crippen LogP contribution in [0.1, 0.15) is 28.3 Å². The molecule has 3 rings (SSSR count). The van der Waals surface area contributed by atoms with Gasteiger partial charge in [-0.3, -0.25) is 24.6 Å². The summed E-state index contributed by atoms with van der Waals surface area (Å²) in [6.07, 6.45) is 0.233. The van der Waals surface area contributed by atoms with E-state index in [1.54, 1.807) is 6.07 Å². The molecule has 2 aromatic carbocycles. The smallest absolute Gasteiger partial charge is 0.278 e. The average molecular weight is 310 g/mol. The van der Waals surface area contributed by atoms with Gasteiger partial charge in [0.1, 0.15) is 5.56 Å². The Labute approximate surface area is 132 Å². The molecule has 1 heterocycles. The first-order chi connectivity index (χ1) is 11.1. The zero-order valence-electron chi connectivity index (χ0n) is 12.2. The molecule has 0 N–H and O–H groups in total. The maximum Gasteiger partial charge on any atom is 0.282 e. The molecule has 0 bridgehead atoms. The molecule has 1 saturated heterocycles. The fourth-order valence-electron chi connectivity index (χ4n) is 2.81. The normalized spacial score (nSPS) is 17.3. The Balaban J connectivity index is 1.87. The van der Waals surface area contributed by atoms with Gasteiger partial charge in [0, 0.05) is 24.9 Å². The van der Waals surface area contributed by atoms with Crippen LogP contribution < -0.4 is 0 Å². The van der Waals surface area contributed by atoms with E-state index in [1.807, 2.05) is 30.3 Å². The highest BCUT2D eigenvalue weighted by Crippen LogP contribution is 2.30. The summed E-state index contributed by atoms with van der Waals surface area (Å²) in [5.41, 5.74) is 0.645. The Hall–Kier alpha value is -3.02. The van der Waals surface area contributed by atoms with Crippen molar-refractivity contribution in [3.8, 4) is 0 Å². The fourth-order valence-corrected chi connectivity index (χ4v) is 2.81. The first-order valence-electron chi connectivity index (χ1n) is 7.21. The third kappa shape index (κ3) is 2.83. The molecule has 23 heavy (non-hydrogen) atoms. The van der Waals surface area contributed by atoms with Gasteiger partial charge in [-0.1, -0.05) is 42.5 Å². The number of nitrogens with zero attached hydrogens (tertiary/aromatic N) is 2. The van der Waals surface area contributed by atoms with Crippen molar-refractivity contribution >= 4 is 17.5 Å². The number of amides is 2. The number of imide groups is 1. The van der Waals surface area contributed by atoms with Crippen molar-refractivity contribution in [1.29, 1.82) is 0 Å². The van der Waals surface area contributed by atoms with E-state index in [1.165, 1.54) is 18.2 Å². The number of para-hydroxylation sites is 1. The van der Waals surface area contributed by atoms with Crippen LogP contribution in [0.2, 0.25) is 0 Å². The predicted molar refractivity (Wildman–Crippen MR) is 82.9 cm³/mol. The maximum atomic E-state index is 12.6. The summed E-state index contributed by atoms with van der Waals surface area (Å²) in [4.78, 5) is 36.3. The van der Waals surface area contributed by atoms with E-state index in [9.17, 15) is 19.7 Å². The average Bonchev–Trinajstić information content (AvgIpc) is 2.97. The standard InChI is InChI=1S/C17H14N2O4/c20-16-10-13(12-6-2-1-3-7-12)11-18(16)17(21)14-8-4-5-9-15(14)19(22)23/h1-9,13H,10-11H2/t13-/m1/s1. The van der Waals surface area contributed by atoms with Crippen molar-refractivity contribution in [3.63, 3.8) is 0 Å². The minimum Gasteiger partial charge on any atom is -0.278 e. The third-order valence-electron chi connectivity index (χ3n) is 3.97. The number of carbonyl (C=O) groups excluding carboxylic acids is 2. The van der Waals surface area contributed by atoms with E-state index in [-0.39, 0.29) is 36.0 Å². The van der Waals surface area contributed by atoms with Gasteiger partial charge in [0.25, 0.3) is 11.6 Å². The summed E-state index contributed by atoms with van der Waals surface area (Å²) in [5, 5.41) is 11.1. The molecule has 0 saturated carbocycles. The molecular formula is C17H14N2O4. The van der Waals surface area contributed by atoms with E-state index >= 15 is 0 Å². The van der Waals surface area contributed by atoms with Crippen LogP contribution in [0.25, 0.3) is 0 Å². The van der Waals surface area contributed by atoms with Crippen LogP contribution >= 0.6 is 0 Å². The molecule has 6 heteroatoms. The number of nitro benzene ring substituents is 1. The highest BCUT2D eigenvalue weighted by atomic mass is 16.6. The topological polar surface area (TPSA) is 80.5 Å². The summed E-state index contributed by atoms with van der Waals surface area (Å²) in [5.74, 6) is -0.988. The second-order valence-corrected chi connectivity index (χ2v) is 5.40. The summed E-state index contributed by atoms with van der Waals surface area (Å²) in [6, 6.07) is 15.2. The van der Waals surface area contributed by atoms with Crippen molar-refractivity contribution in [2.75, 3.05) is 6.54 Å². The molecule has 2 amide bonds. The van der Waals surface area contributed by atoms with Gasteiger partial charge in [0.15, 0.2) is 0 Å². The number of hydrogen-bond donors (Lipinski definition) is 0. The van der Waals surface area contributed by atoms with Gasteiger partial charge in [0.2, 0.25) is 5.91 Å². The Morgan fingerprint density at radius 2 is 1.74 bits per heavy atom. The minimum absolute atomic E-state index is 0.0560. The van der Waals surface area contributed by atoms with Gasteiger partial charge in [-0.2, -0.15) is 0 Å². The predicted octanol–water partition coefficient (Wildman–Crippen LogP) is 2.75. The maximum absolute atomic E-state index is 12.6. The molecule has 1 aliphatic heterocycles. The summed E-state index contributed by atoms with van der Waals surface area (Å²) < 4.78 is 0. The lowest BCUT2D eigenvalue weighted by molar-refractivity contribution is -0.385. The molecule has 1 atom stereocenters. The van der Waals surface area contributed by atoms with Gasteiger partial charge in [-0.25, -0.2) is 0 Å². The molecule has 1 aliphatic rings. The quantitative estimate of drug-likeness (QED) is 0.496. The van der Waals surface area contributed by atoms with Crippen molar-refractivity contribution in [3.05, 3.63) is 75.8 Å². The highest BCUT2D eigenvalue weighted by molar-refractivity contribution is 6.08. The molecule has 1 fully saturated rings. The van der Waals surface area contributed by atoms with Gasteiger partial charge in [0.05, 0.1) is 4.92 Å². The van der Waals surface area contributed by atoms with Crippen LogP contribution in [-0.4, -0.2) is 28.2 Å². The second kappa shape index (κ2) is 6.00. The molecule has 0 aromatic heterocycles. The summed E-state index contributed by atoms with van der Waals surface area (Å²) in [7, 11) is 0. The van der Waals surface area contributed by atoms with Gasteiger partial charge in [-0.15, -0.1) is 0 Å². The zero-order chi connectivity index (χ0) is 16.4. The van der Waals surface area contributed by atoms with Gasteiger partial charge < -0.3 is 0 Å². The molecule has 0 radical (unpaired) electrons. The van der Waals surface area contributed by atoms with Gasteiger partial charge in [-0.05, 0) is 11.6 Å². The Morgan fingerprint density at radius 1 is 1.09 bits per heavy atom. The number of benzene rings is 2. The lowest BCUT2D eigenvalue weighted by atomic mass is 9.98. The molecule has 2 aromatic rings. The largest absolute Gasteiger partial charge is 0.282 e. The van der Waals surface area contributed by atoms with E-state index in [4.69, 9.17) is 0 Å². The SMILES string of the molecule is O=C1C[C@@H](c2ccccc2)CN1C(=O)c1ccccc1[N+](=O)[O-]. The van der Waals surface area contributed by atoms with Crippen LogP contribution in [0, 0.1) is 10.1 Å². The molecule has 0 aliphatic carbocycles. The first kappa shape index (κ1) is 14.9. The van der Waals surface area contributed by atoms with Crippen molar-refractivity contribution in [1.82, 2.24) is 4.90 Å². The van der Waals surface area contributed by atoms with E-state index in [0.29, 0.717) is 0 Å². The fraction of sp³-hybridized carbons (Fsp3) is 0.176. The molecule has 116 valence electrons. The first-order valence-corrected chi connectivity index (χ1v) is 7.21. The van der Waals surface area contributed by atoms with Crippen molar-refractivity contribution in [2.45, 2.75) is 12.3 Å². The van der Waals surface area contributed by atoms with Crippen molar-refractivity contribution < 1.29 is 14.5 Å². The van der Waals surface area contributed by atoms with Crippen LogP contribution in [0.15, 0.2) is 54.6 Å². The minimum atomic E-state index is -0.610. The lowest BCUT2D eigenvalue weighted by Gasteiger charge is -2.15. The Bertz CT molecular complexity index is 773. The van der Waals surface area contributed by atoms with Crippen LogP contribution in [-0.2, 0) is 4.79 Å². The Morgan fingerprint density at radius 3 is 2.43 bits per heavy atom.